The number of likely N-dealkylation sites (tertiary alicyclic amines) is 1. The monoisotopic (exact) mass is 371 g/mol. The molecule has 1 saturated heterocycles. The molecule has 26 heavy (non-hydrogen) atoms. The summed E-state index contributed by atoms with van der Waals surface area (Å²) in [7, 11) is 0. The number of halogens is 3. The predicted octanol–water partition coefficient (Wildman–Crippen LogP) is 4.19. The van der Waals surface area contributed by atoms with E-state index in [1.807, 2.05) is 0 Å². The molecule has 2 N–H and O–H groups in total. The standard InChI is InChI=1S/C19H28F3N3O/c1-13(2)12-25-9-7-17(8-10-25)24-18(26)23-14(3)15-5-4-6-16(11-15)19(20,21)22/h4-6,11,13-14,17H,7-10,12H2,1-3H3,(H2,23,24,26)/t14-/m0/s1. The summed E-state index contributed by atoms with van der Waals surface area (Å²) in [6, 6.07) is 4.32. The summed E-state index contributed by atoms with van der Waals surface area (Å²) in [6.07, 6.45) is -2.61. The normalized spacial score (nSPS) is 18.0. The Kier molecular flexibility index (Phi) is 6.92. The molecule has 0 aromatic heterocycles. The van der Waals surface area contributed by atoms with Gasteiger partial charge in [0.1, 0.15) is 0 Å². The Morgan fingerprint density at radius 1 is 1.23 bits per heavy atom. The minimum Gasteiger partial charge on any atom is -0.335 e. The number of hydrogen-bond donors (Lipinski definition) is 2. The summed E-state index contributed by atoms with van der Waals surface area (Å²) in [5.74, 6) is 0.621. The molecule has 4 nitrogen and oxygen atoms in total. The molecule has 1 aromatic carbocycles. The smallest absolute Gasteiger partial charge is 0.335 e. The zero-order chi connectivity index (χ0) is 19.3. The van der Waals surface area contributed by atoms with E-state index in [-0.39, 0.29) is 12.1 Å². The van der Waals surface area contributed by atoms with Crippen LogP contribution in [0.3, 0.4) is 0 Å². The molecular weight excluding hydrogens is 343 g/mol. The van der Waals surface area contributed by atoms with E-state index in [4.69, 9.17) is 0 Å². The summed E-state index contributed by atoms with van der Waals surface area (Å²) in [4.78, 5) is 14.6. The van der Waals surface area contributed by atoms with Gasteiger partial charge in [0.15, 0.2) is 0 Å². The summed E-state index contributed by atoms with van der Waals surface area (Å²) in [5, 5.41) is 5.67. The van der Waals surface area contributed by atoms with Crippen molar-refractivity contribution in [1.29, 1.82) is 0 Å². The number of rotatable bonds is 5. The molecule has 1 aliphatic heterocycles. The van der Waals surface area contributed by atoms with Crippen molar-refractivity contribution in [3.05, 3.63) is 35.4 Å². The van der Waals surface area contributed by atoms with Crippen molar-refractivity contribution >= 4 is 6.03 Å². The minimum absolute atomic E-state index is 0.104. The molecule has 1 aliphatic rings. The summed E-state index contributed by atoms with van der Waals surface area (Å²) in [6.45, 7) is 9.02. The van der Waals surface area contributed by atoms with Crippen molar-refractivity contribution in [2.75, 3.05) is 19.6 Å². The van der Waals surface area contributed by atoms with Gasteiger partial charge in [-0.15, -0.1) is 0 Å². The van der Waals surface area contributed by atoms with Crippen LogP contribution in [0, 0.1) is 5.92 Å². The maximum absolute atomic E-state index is 12.8. The Morgan fingerprint density at radius 3 is 2.46 bits per heavy atom. The molecule has 0 spiro atoms. The van der Waals surface area contributed by atoms with E-state index in [0.717, 1.165) is 44.6 Å². The zero-order valence-corrected chi connectivity index (χ0v) is 15.6. The van der Waals surface area contributed by atoms with Crippen LogP contribution < -0.4 is 10.6 Å². The largest absolute Gasteiger partial charge is 0.416 e. The van der Waals surface area contributed by atoms with Gasteiger partial charge in [0.25, 0.3) is 0 Å². The molecule has 0 aliphatic carbocycles. The van der Waals surface area contributed by atoms with Crippen molar-refractivity contribution in [2.45, 2.75) is 51.9 Å². The highest BCUT2D eigenvalue weighted by Gasteiger charge is 2.31. The topological polar surface area (TPSA) is 44.4 Å². The number of amides is 2. The molecule has 1 atom stereocenters. The fourth-order valence-corrected chi connectivity index (χ4v) is 3.27. The van der Waals surface area contributed by atoms with Crippen LogP contribution in [-0.4, -0.2) is 36.6 Å². The van der Waals surface area contributed by atoms with Crippen LogP contribution in [-0.2, 0) is 6.18 Å². The molecule has 0 unspecified atom stereocenters. The highest BCUT2D eigenvalue weighted by molar-refractivity contribution is 5.74. The average Bonchev–Trinajstić information content (AvgIpc) is 2.55. The van der Waals surface area contributed by atoms with Crippen LogP contribution in [0.4, 0.5) is 18.0 Å². The molecule has 1 fully saturated rings. The minimum atomic E-state index is -4.39. The van der Waals surface area contributed by atoms with Gasteiger partial charge in [0, 0.05) is 25.7 Å². The van der Waals surface area contributed by atoms with Crippen molar-refractivity contribution in [3.63, 3.8) is 0 Å². The number of hydrogen-bond acceptors (Lipinski definition) is 2. The van der Waals surface area contributed by atoms with Gasteiger partial charge in [-0.3, -0.25) is 0 Å². The second-order valence-corrected chi connectivity index (χ2v) is 7.43. The van der Waals surface area contributed by atoms with E-state index in [9.17, 15) is 18.0 Å². The second-order valence-electron chi connectivity index (χ2n) is 7.43. The first kappa shape index (κ1) is 20.6. The van der Waals surface area contributed by atoms with E-state index in [2.05, 4.69) is 29.4 Å². The Morgan fingerprint density at radius 2 is 1.88 bits per heavy atom. The van der Waals surface area contributed by atoms with Crippen LogP contribution in [0.5, 0.6) is 0 Å². The van der Waals surface area contributed by atoms with Crippen molar-refractivity contribution in [3.8, 4) is 0 Å². The van der Waals surface area contributed by atoms with Gasteiger partial charge >= 0.3 is 12.2 Å². The lowest BCUT2D eigenvalue weighted by molar-refractivity contribution is -0.137. The lowest BCUT2D eigenvalue weighted by Crippen LogP contribution is -2.48. The fourth-order valence-electron chi connectivity index (χ4n) is 3.27. The number of alkyl halides is 3. The molecule has 2 amide bonds. The maximum Gasteiger partial charge on any atom is 0.416 e. The number of nitrogens with zero attached hydrogens (tertiary/aromatic N) is 1. The summed E-state index contributed by atoms with van der Waals surface area (Å²) in [5.41, 5.74) is -0.275. The lowest BCUT2D eigenvalue weighted by atomic mass is 10.0. The van der Waals surface area contributed by atoms with Crippen LogP contribution in [0.25, 0.3) is 0 Å². The Balaban J connectivity index is 1.83. The fraction of sp³-hybridized carbons (Fsp3) is 0.632. The lowest BCUT2D eigenvalue weighted by Gasteiger charge is -2.33. The first-order valence-electron chi connectivity index (χ1n) is 9.11. The first-order valence-corrected chi connectivity index (χ1v) is 9.11. The van der Waals surface area contributed by atoms with Gasteiger partial charge in [-0.1, -0.05) is 26.0 Å². The zero-order valence-electron chi connectivity index (χ0n) is 15.6. The number of nitrogens with one attached hydrogen (secondary N) is 2. The molecule has 0 saturated carbocycles. The van der Waals surface area contributed by atoms with Gasteiger partial charge in [-0.2, -0.15) is 13.2 Å². The van der Waals surface area contributed by atoms with E-state index < -0.39 is 17.8 Å². The van der Waals surface area contributed by atoms with Crippen molar-refractivity contribution < 1.29 is 18.0 Å². The van der Waals surface area contributed by atoms with E-state index in [1.54, 1.807) is 13.0 Å². The number of carbonyl (C=O) groups is 1. The molecule has 2 rings (SSSR count). The van der Waals surface area contributed by atoms with Gasteiger partial charge < -0.3 is 15.5 Å². The summed E-state index contributed by atoms with van der Waals surface area (Å²) >= 11 is 0. The molecular formula is C19H28F3N3O. The molecule has 0 bridgehead atoms. The predicted molar refractivity (Wildman–Crippen MR) is 95.8 cm³/mol. The molecule has 7 heteroatoms. The number of piperidine rings is 1. The van der Waals surface area contributed by atoms with Crippen LogP contribution in [0.1, 0.15) is 50.8 Å². The van der Waals surface area contributed by atoms with Gasteiger partial charge in [0.2, 0.25) is 0 Å². The van der Waals surface area contributed by atoms with Crippen LogP contribution >= 0.6 is 0 Å². The van der Waals surface area contributed by atoms with Crippen molar-refractivity contribution in [1.82, 2.24) is 15.5 Å². The quantitative estimate of drug-likeness (QED) is 0.815. The number of urea groups is 1. The van der Waals surface area contributed by atoms with E-state index >= 15 is 0 Å². The Labute approximate surface area is 153 Å². The van der Waals surface area contributed by atoms with Crippen LogP contribution in [0.2, 0.25) is 0 Å². The number of benzene rings is 1. The van der Waals surface area contributed by atoms with Gasteiger partial charge in [-0.05, 0) is 43.4 Å². The number of carbonyl (C=O) groups excluding carboxylic acids is 1. The van der Waals surface area contributed by atoms with Crippen LogP contribution in [0.15, 0.2) is 24.3 Å². The Bertz CT molecular complexity index is 596. The first-order chi connectivity index (χ1) is 12.1. The molecule has 0 radical (unpaired) electrons. The molecule has 1 aromatic rings. The molecule has 1 heterocycles. The van der Waals surface area contributed by atoms with Crippen molar-refractivity contribution in [2.24, 2.45) is 5.92 Å². The Hall–Kier alpha value is -1.76. The maximum atomic E-state index is 12.8. The average molecular weight is 371 g/mol. The van der Waals surface area contributed by atoms with E-state index in [0.29, 0.717) is 11.5 Å². The SMILES string of the molecule is CC(C)CN1CCC(NC(=O)N[C@@H](C)c2cccc(C(F)(F)F)c2)CC1. The van der Waals surface area contributed by atoms with Gasteiger partial charge in [-0.25, -0.2) is 4.79 Å². The van der Waals surface area contributed by atoms with E-state index in [1.165, 1.54) is 6.07 Å². The summed E-state index contributed by atoms with van der Waals surface area (Å²) < 4.78 is 38.4. The third-order valence-corrected chi connectivity index (χ3v) is 4.61. The second kappa shape index (κ2) is 8.75. The third-order valence-electron chi connectivity index (χ3n) is 4.61. The molecule has 146 valence electrons. The highest BCUT2D eigenvalue weighted by atomic mass is 19.4. The third kappa shape index (κ3) is 6.20. The van der Waals surface area contributed by atoms with Gasteiger partial charge in [0.05, 0.1) is 11.6 Å². The highest BCUT2D eigenvalue weighted by Crippen LogP contribution is 2.30.